The normalized spacial score (nSPS) is 16.1. The minimum Gasteiger partial charge on any atom is -0.314 e. The molecule has 10 heteroatoms. The maximum Gasteiger partial charge on any atom is 0.323 e. The van der Waals surface area contributed by atoms with E-state index in [0.29, 0.717) is 17.9 Å². The van der Waals surface area contributed by atoms with Crippen LogP contribution in [0.3, 0.4) is 0 Å². The molecular formula is C33H45N7O3. The second-order valence-electron chi connectivity index (χ2n) is 12.0. The number of anilines is 2. The van der Waals surface area contributed by atoms with Crippen LogP contribution in [-0.2, 0) is 18.5 Å². The Bertz CT molecular complexity index is 1330. The second-order valence-corrected chi connectivity index (χ2v) is 12.0. The lowest BCUT2D eigenvalue weighted by Crippen LogP contribution is -2.42. The molecule has 0 aromatic heterocycles. The molecule has 0 unspecified atom stereocenters. The Morgan fingerprint density at radius 1 is 0.814 bits per heavy atom. The fraction of sp³-hybridized carbons (Fsp3) is 0.424. The number of non-ortho nitro benzene ring substituents is 1. The monoisotopic (exact) mass is 587 g/mol. The van der Waals surface area contributed by atoms with Crippen molar-refractivity contribution in [3.63, 3.8) is 0 Å². The summed E-state index contributed by atoms with van der Waals surface area (Å²) in [5.74, 6) is 0. The number of benzene rings is 3. The first-order valence-electron chi connectivity index (χ1n) is 15.0. The number of carbonyl (C=O) groups excluding carboxylic acids is 1. The third-order valence-corrected chi connectivity index (χ3v) is 7.62. The van der Waals surface area contributed by atoms with Crippen molar-refractivity contribution in [3.8, 4) is 0 Å². The quantitative estimate of drug-likeness (QED) is 0.226. The molecule has 0 aliphatic carbocycles. The number of carbonyl (C=O) groups is 1. The van der Waals surface area contributed by atoms with Gasteiger partial charge in [-0.15, -0.1) is 0 Å². The average Bonchev–Trinajstić information content (AvgIpc) is 2.96. The maximum absolute atomic E-state index is 12.7. The molecule has 1 saturated heterocycles. The van der Waals surface area contributed by atoms with Crippen LogP contribution in [0.1, 0.15) is 37.5 Å². The molecule has 10 nitrogen and oxygen atoms in total. The Morgan fingerprint density at radius 3 is 2.02 bits per heavy atom. The molecule has 4 N–H and O–H groups in total. The van der Waals surface area contributed by atoms with Gasteiger partial charge >= 0.3 is 6.03 Å². The van der Waals surface area contributed by atoms with Crippen LogP contribution in [0.5, 0.6) is 0 Å². The summed E-state index contributed by atoms with van der Waals surface area (Å²) in [6, 6.07) is 22.2. The number of nitro benzene ring substituents is 1. The van der Waals surface area contributed by atoms with Crippen LogP contribution in [0.4, 0.5) is 21.9 Å². The molecule has 0 saturated carbocycles. The number of nitrogens with one attached hydrogen (secondary N) is 4. The number of nitro groups is 1. The number of urea groups is 1. The summed E-state index contributed by atoms with van der Waals surface area (Å²) in [5, 5.41) is 23.9. The van der Waals surface area contributed by atoms with Gasteiger partial charge in [-0.05, 0) is 34.2 Å². The minimum absolute atomic E-state index is 0.0747. The molecule has 43 heavy (non-hydrogen) atoms. The molecule has 2 amide bonds. The van der Waals surface area contributed by atoms with Gasteiger partial charge in [0.1, 0.15) is 0 Å². The van der Waals surface area contributed by atoms with Gasteiger partial charge in [-0.25, -0.2) is 4.79 Å². The zero-order chi connectivity index (χ0) is 30.7. The highest BCUT2D eigenvalue weighted by atomic mass is 16.6. The van der Waals surface area contributed by atoms with Crippen molar-refractivity contribution in [2.45, 2.75) is 39.3 Å². The lowest BCUT2D eigenvalue weighted by Gasteiger charge is -2.27. The van der Waals surface area contributed by atoms with E-state index in [-0.39, 0.29) is 11.1 Å². The van der Waals surface area contributed by atoms with Crippen molar-refractivity contribution in [2.24, 2.45) is 0 Å². The van der Waals surface area contributed by atoms with Crippen LogP contribution in [-0.4, -0.2) is 73.1 Å². The molecule has 0 spiro atoms. The summed E-state index contributed by atoms with van der Waals surface area (Å²) in [7, 11) is 0. The first-order chi connectivity index (χ1) is 20.7. The Balaban J connectivity index is 1.28. The highest BCUT2D eigenvalue weighted by Crippen LogP contribution is 2.23. The van der Waals surface area contributed by atoms with Crippen LogP contribution >= 0.6 is 0 Å². The first kappa shape index (κ1) is 32.1. The zero-order valence-electron chi connectivity index (χ0n) is 25.6. The minimum atomic E-state index is -0.484. The predicted octanol–water partition coefficient (Wildman–Crippen LogP) is 5.03. The van der Waals surface area contributed by atoms with Crippen LogP contribution in [0, 0.1) is 10.1 Å². The molecule has 3 aromatic carbocycles. The molecule has 4 rings (SSSR count). The van der Waals surface area contributed by atoms with Gasteiger partial charge in [0.2, 0.25) is 0 Å². The topological polar surface area (TPSA) is 115 Å². The van der Waals surface area contributed by atoms with Crippen LogP contribution in [0.25, 0.3) is 0 Å². The van der Waals surface area contributed by atoms with E-state index >= 15 is 0 Å². The summed E-state index contributed by atoms with van der Waals surface area (Å²) in [4.78, 5) is 28.2. The van der Waals surface area contributed by atoms with E-state index in [1.54, 1.807) is 12.1 Å². The third-order valence-electron chi connectivity index (χ3n) is 7.62. The van der Waals surface area contributed by atoms with E-state index in [9.17, 15) is 14.9 Å². The Labute approximate surface area is 255 Å². The molecule has 3 aromatic rings. The number of amides is 2. The van der Waals surface area contributed by atoms with Gasteiger partial charge in [-0.1, -0.05) is 69.3 Å². The highest BCUT2D eigenvalue weighted by molar-refractivity contribution is 6.00. The lowest BCUT2D eigenvalue weighted by molar-refractivity contribution is -0.384. The van der Waals surface area contributed by atoms with Crippen LogP contribution in [0.15, 0.2) is 72.8 Å². The Morgan fingerprint density at radius 2 is 1.42 bits per heavy atom. The molecular weight excluding hydrogens is 542 g/mol. The van der Waals surface area contributed by atoms with Crippen molar-refractivity contribution >= 4 is 23.1 Å². The van der Waals surface area contributed by atoms with Crippen LogP contribution < -0.4 is 21.3 Å². The smallest absolute Gasteiger partial charge is 0.314 e. The van der Waals surface area contributed by atoms with Crippen molar-refractivity contribution < 1.29 is 9.72 Å². The standard InChI is InChI=1S/C33H45N7O3/c1-33(2,3)28-13-11-26(12-14-28)24-38-19-15-34-17-21-39(22-18-35-16-20-38)25-27-7-4-5-10-31(27)37-32(41)36-29-8-6-9-30(23-29)40(42)43/h4-14,23,34-35H,15-22,24-25H2,1-3H3,(H2,36,37,41). The van der Waals surface area contributed by atoms with Gasteiger partial charge in [-0.3, -0.25) is 19.9 Å². The molecule has 1 fully saturated rings. The SMILES string of the molecule is CC(C)(C)c1ccc(CN2CCNCCN(Cc3ccccc3NC(=O)Nc3cccc([N+](=O)[O-])c3)CCNCC2)cc1. The average molecular weight is 588 g/mol. The number of hydrogen-bond donors (Lipinski definition) is 4. The van der Waals surface area contributed by atoms with E-state index in [0.717, 1.165) is 64.5 Å². The summed E-state index contributed by atoms with van der Waals surface area (Å²) in [5.41, 5.74) is 4.88. The summed E-state index contributed by atoms with van der Waals surface area (Å²) in [6.07, 6.45) is 0. The van der Waals surface area contributed by atoms with Gasteiger partial charge < -0.3 is 21.3 Å². The van der Waals surface area contributed by atoms with E-state index in [1.807, 2.05) is 24.3 Å². The largest absolute Gasteiger partial charge is 0.323 e. The maximum atomic E-state index is 12.7. The number of hydrogen-bond acceptors (Lipinski definition) is 7. The van der Waals surface area contributed by atoms with E-state index < -0.39 is 11.0 Å². The van der Waals surface area contributed by atoms with Crippen molar-refractivity contribution in [1.29, 1.82) is 0 Å². The zero-order valence-corrected chi connectivity index (χ0v) is 25.6. The van der Waals surface area contributed by atoms with E-state index in [4.69, 9.17) is 0 Å². The number of rotatable bonds is 7. The summed E-state index contributed by atoms with van der Waals surface area (Å²) in [6.45, 7) is 15.7. The van der Waals surface area contributed by atoms with Gasteiger partial charge in [0.05, 0.1) is 4.92 Å². The van der Waals surface area contributed by atoms with Crippen molar-refractivity contribution in [2.75, 3.05) is 63.0 Å². The molecule has 0 radical (unpaired) electrons. The molecule has 1 heterocycles. The Hall–Kier alpha value is -3.83. The fourth-order valence-electron chi connectivity index (χ4n) is 5.11. The number of nitrogens with zero attached hydrogens (tertiary/aromatic N) is 3. The second kappa shape index (κ2) is 15.6. The van der Waals surface area contributed by atoms with Gasteiger partial charge in [0.15, 0.2) is 0 Å². The molecule has 1 aliphatic rings. The lowest BCUT2D eigenvalue weighted by atomic mass is 9.87. The molecule has 230 valence electrons. The number of para-hydroxylation sites is 1. The Kier molecular flexibility index (Phi) is 11.6. The molecule has 1 aliphatic heterocycles. The van der Waals surface area contributed by atoms with Crippen LogP contribution in [0.2, 0.25) is 0 Å². The highest BCUT2D eigenvalue weighted by Gasteiger charge is 2.15. The van der Waals surface area contributed by atoms with Crippen molar-refractivity contribution in [1.82, 2.24) is 20.4 Å². The molecule has 0 bridgehead atoms. The van der Waals surface area contributed by atoms with Gasteiger partial charge in [-0.2, -0.15) is 0 Å². The fourth-order valence-corrected chi connectivity index (χ4v) is 5.11. The third kappa shape index (κ3) is 10.4. The summed E-state index contributed by atoms with van der Waals surface area (Å²) < 4.78 is 0. The molecule has 0 atom stereocenters. The van der Waals surface area contributed by atoms with E-state index in [2.05, 4.69) is 76.1 Å². The predicted molar refractivity (Wildman–Crippen MR) is 174 cm³/mol. The van der Waals surface area contributed by atoms with Crippen molar-refractivity contribution in [3.05, 3.63) is 99.6 Å². The first-order valence-corrected chi connectivity index (χ1v) is 15.0. The summed E-state index contributed by atoms with van der Waals surface area (Å²) >= 11 is 0. The van der Waals surface area contributed by atoms with Gasteiger partial charge in [0.25, 0.3) is 5.69 Å². The van der Waals surface area contributed by atoms with E-state index in [1.165, 1.54) is 23.3 Å². The van der Waals surface area contributed by atoms with Gasteiger partial charge in [0, 0.05) is 89.0 Å².